The van der Waals surface area contributed by atoms with Gasteiger partial charge in [0, 0.05) is 6.42 Å². The van der Waals surface area contributed by atoms with Crippen LogP contribution in [0.3, 0.4) is 0 Å². The van der Waals surface area contributed by atoms with E-state index in [1.165, 1.54) is 0 Å². The molecule has 0 spiro atoms. The lowest BCUT2D eigenvalue weighted by atomic mass is 10.0. The summed E-state index contributed by atoms with van der Waals surface area (Å²) in [6.45, 7) is 3.17. The van der Waals surface area contributed by atoms with Crippen LogP contribution in [0.2, 0.25) is 0 Å². The topological polar surface area (TPSA) is 81.8 Å². The molecule has 2 rings (SSSR count). The minimum absolute atomic E-state index is 0.285. The predicted octanol–water partition coefficient (Wildman–Crippen LogP) is 1.11. The molecule has 3 N–H and O–H groups in total. The van der Waals surface area contributed by atoms with Crippen molar-refractivity contribution in [3.63, 3.8) is 0 Å². The zero-order valence-electron chi connectivity index (χ0n) is 10.3. The highest BCUT2D eigenvalue weighted by Gasteiger charge is 2.17. The molecule has 5 heteroatoms. The molecule has 0 radical (unpaired) electrons. The van der Waals surface area contributed by atoms with E-state index in [9.17, 15) is 4.79 Å². The maximum Gasteiger partial charge on any atom is 0.320 e. The molecular formula is C13H17NO4. The molecule has 0 saturated heterocycles. The molecule has 1 aliphatic rings. The highest BCUT2D eigenvalue weighted by molar-refractivity contribution is 5.73. The number of benzene rings is 1. The van der Waals surface area contributed by atoms with E-state index < -0.39 is 12.0 Å². The Balaban J connectivity index is 2.26. The quantitative estimate of drug-likeness (QED) is 0.841. The Hall–Kier alpha value is -1.75. The zero-order chi connectivity index (χ0) is 13.1. The van der Waals surface area contributed by atoms with Gasteiger partial charge in [-0.1, -0.05) is 6.07 Å². The van der Waals surface area contributed by atoms with Crippen LogP contribution in [0.4, 0.5) is 0 Å². The SMILES string of the molecule is Cc1cc(CC(N)C(=O)O)cc2c1OCCCO2. The van der Waals surface area contributed by atoms with Crippen molar-refractivity contribution in [1.29, 1.82) is 0 Å². The third-order valence-corrected chi connectivity index (χ3v) is 2.87. The van der Waals surface area contributed by atoms with Crippen LogP contribution in [0.15, 0.2) is 12.1 Å². The molecule has 0 amide bonds. The number of rotatable bonds is 3. The minimum Gasteiger partial charge on any atom is -0.490 e. The molecule has 18 heavy (non-hydrogen) atoms. The lowest BCUT2D eigenvalue weighted by Crippen LogP contribution is -2.32. The third-order valence-electron chi connectivity index (χ3n) is 2.87. The van der Waals surface area contributed by atoms with Crippen molar-refractivity contribution in [2.75, 3.05) is 13.2 Å². The van der Waals surface area contributed by atoms with Gasteiger partial charge in [0.15, 0.2) is 11.5 Å². The van der Waals surface area contributed by atoms with Crippen LogP contribution in [0.5, 0.6) is 11.5 Å². The summed E-state index contributed by atoms with van der Waals surface area (Å²) in [6.07, 6.45) is 1.13. The molecule has 5 nitrogen and oxygen atoms in total. The van der Waals surface area contributed by atoms with Crippen LogP contribution in [-0.4, -0.2) is 30.3 Å². The molecule has 1 aliphatic heterocycles. The van der Waals surface area contributed by atoms with Crippen LogP contribution in [0, 0.1) is 6.92 Å². The summed E-state index contributed by atoms with van der Waals surface area (Å²) in [7, 11) is 0. The fourth-order valence-corrected chi connectivity index (χ4v) is 1.98. The van der Waals surface area contributed by atoms with Crippen LogP contribution in [-0.2, 0) is 11.2 Å². The van der Waals surface area contributed by atoms with Gasteiger partial charge in [-0.05, 0) is 30.5 Å². The van der Waals surface area contributed by atoms with Gasteiger partial charge in [0.1, 0.15) is 6.04 Å². The van der Waals surface area contributed by atoms with E-state index in [-0.39, 0.29) is 6.42 Å². The Morgan fingerprint density at radius 1 is 1.44 bits per heavy atom. The summed E-state index contributed by atoms with van der Waals surface area (Å²) in [5.41, 5.74) is 7.33. The van der Waals surface area contributed by atoms with Crippen LogP contribution < -0.4 is 15.2 Å². The second-order valence-corrected chi connectivity index (χ2v) is 4.44. The van der Waals surface area contributed by atoms with Gasteiger partial charge in [-0.3, -0.25) is 4.79 Å². The van der Waals surface area contributed by atoms with Gasteiger partial charge in [-0.15, -0.1) is 0 Å². The summed E-state index contributed by atoms with van der Waals surface area (Å²) < 4.78 is 11.2. The van der Waals surface area contributed by atoms with Crippen molar-refractivity contribution >= 4 is 5.97 Å². The molecule has 0 aliphatic carbocycles. The lowest BCUT2D eigenvalue weighted by Gasteiger charge is -2.13. The summed E-state index contributed by atoms with van der Waals surface area (Å²) >= 11 is 0. The van der Waals surface area contributed by atoms with Crippen molar-refractivity contribution in [1.82, 2.24) is 0 Å². The number of hydrogen-bond donors (Lipinski definition) is 2. The Morgan fingerprint density at radius 3 is 2.89 bits per heavy atom. The van der Waals surface area contributed by atoms with E-state index in [0.29, 0.717) is 19.0 Å². The third kappa shape index (κ3) is 2.73. The number of carboxylic acids is 1. The van der Waals surface area contributed by atoms with Gasteiger partial charge in [-0.2, -0.15) is 0 Å². The molecule has 1 aromatic rings. The summed E-state index contributed by atoms with van der Waals surface area (Å²) in [6, 6.07) is 2.82. The zero-order valence-corrected chi connectivity index (χ0v) is 10.3. The maximum absolute atomic E-state index is 10.8. The highest BCUT2D eigenvalue weighted by atomic mass is 16.5. The summed E-state index contributed by atoms with van der Waals surface area (Å²) in [4.78, 5) is 10.8. The van der Waals surface area contributed by atoms with E-state index in [0.717, 1.165) is 23.3 Å². The van der Waals surface area contributed by atoms with Crippen LogP contribution >= 0.6 is 0 Å². The van der Waals surface area contributed by atoms with E-state index >= 15 is 0 Å². The number of hydrogen-bond acceptors (Lipinski definition) is 4. The Kier molecular flexibility index (Phi) is 3.72. The lowest BCUT2D eigenvalue weighted by molar-refractivity contribution is -0.138. The largest absolute Gasteiger partial charge is 0.490 e. The molecule has 1 heterocycles. The normalized spacial score (nSPS) is 15.9. The van der Waals surface area contributed by atoms with Crippen LogP contribution in [0.1, 0.15) is 17.5 Å². The first-order chi connectivity index (χ1) is 8.58. The van der Waals surface area contributed by atoms with Gasteiger partial charge in [0.05, 0.1) is 13.2 Å². The summed E-state index contributed by atoms with van der Waals surface area (Å²) in [5.74, 6) is 0.431. The van der Waals surface area contributed by atoms with E-state index in [1.807, 2.05) is 19.1 Å². The Labute approximate surface area is 106 Å². The molecule has 1 atom stereocenters. The van der Waals surface area contributed by atoms with Gasteiger partial charge >= 0.3 is 5.97 Å². The fourth-order valence-electron chi connectivity index (χ4n) is 1.98. The monoisotopic (exact) mass is 251 g/mol. The van der Waals surface area contributed by atoms with Crippen molar-refractivity contribution in [2.24, 2.45) is 5.73 Å². The Bertz CT molecular complexity index is 459. The first kappa shape index (κ1) is 12.7. The number of ether oxygens (including phenoxy) is 2. The fraction of sp³-hybridized carbons (Fsp3) is 0.462. The van der Waals surface area contributed by atoms with Crippen molar-refractivity contribution in [3.8, 4) is 11.5 Å². The summed E-state index contributed by atoms with van der Waals surface area (Å²) in [5, 5.41) is 8.82. The van der Waals surface area contributed by atoms with Gasteiger partial charge in [-0.25, -0.2) is 0 Å². The van der Waals surface area contributed by atoms with Crippen LogP contribution in [0.25, 0.3) is 0 Å². The van der Waals surface area contributed by atoms with Crippen molar-refractivity contribution in [3.05, 3.63) is 23.3 Å². The molecule has 0 fully saturated rings. The van der Waals surface area contributed by atoms with Crippen molar-refractivity contribution in [2.45, 2.75) is 25.8 Å². The van der Waals surface area contributed by atoms with Gasteiger partial charge in [0.2, 0.25) is 0 Å². The Morgan fingerprint density at radius 2 is 2.17 bits per heavy atom. The molecule has 0 bridgehead atoms. The first-order valence-electron chi connectivity index (χ1n) is 5.95. The molecule has 1 unspecified atom stereocenters. The number of carbonyl (C=O) groups is 1. The minimum atomic E-state index is -1.00. The molecule has 0 saturated carbocycles. The molecular weight excluding hydrogens is 234 g/mol. The molecule has 0 aromatic heterocycles. The molecule has 1 aromatic carbocycles. The van der Waals surface area contributed by atoms with Gasteiger partial charge in [0.25, 0.3) is 0 Å². The van der Waals surface area contributed by atoms with E-state index in [4.69, 9.17) is 20.3 Å². The van der Waals surface area contributed by atoms with E-state index in [2.05, 4.69) is 0 Å². The first-order valence-corrected chi connectivity index (χ1v) is 5.95. The maximum atomic E-state index is 10.8. The van der Waals surface area contributed by atoms with Gasteiger partial charge < -0.3 is 20.3 Å². The second kappa shape index (κ2) is 5.27. The standard InChI is InChI=1S/C13H17NO4/c1-8-5-9(6-10(14)13(15)16)7-11-12(8)18-4-2-3-17-11/h5,7,10H,2-4,6,14H2,1H3,(H,15,16). The number of nitrogens with two attached hydrogens (primary N) is 1. The number of aryl methyl sites for hydroxylation is 1. The number of carboxylic acid groups (broad SMARTS) is 1. The molecule has 98 valence electrons. The second-order valence-electron chi connectivity index (χ2n) is 4.44. The highest BCUT2D eigenvalue weighted by Crippen LogP contribution is 2.34. The number of aliphatic carboxylic acids is 1. The predicted molar refractivity (Wildman–Crippen MR) is 66.1 cm³/mol. The average Bonchev–Trinajstić information content (AvgIpc) is 2.54. The number of fused-ring (bicyclic) bond motifs is 1. The van der Waals surface area contributed by atoms with E-state index in [1.54, 1.807) is 0 Å². The average molecular weight is 251 g/mol. The van der Waals surface area contributed by atoms with Crippen molar-refractivity contribution < 1.29 is 19.4 Å². The smallest absolute Gasteiger partial charge is 0.320 e.